The molecule has 5 heterocycles. The lowest BCUT2D eigenvalue weighted by atomic mass is 10.3. The van der Waals surface area contributed by atoms with Gasteiger partial charge >= 0.3 is 0 Å². The van der Waals surface area contributed by atoms with E-state index in [1.54, 1.807) is 13.8 Å². The van der Waals surface area contributed by atoms with Crippen LogP contribution in [0, 0.1) is 0 Å². The van der Waals surface area contributed by atoms with Crippen LogP contribution in [0.5, 0.6) is 0 Å². The van der Waals surface area contributed by atoms with Gasteiger partial charge in [0.1, 0.15) is 0 Å². The highest BCUT2D eigenvalue weighted by molar-refractivity contribution is 5.76. The first kappa shape index (κ1) is 41.9. The maximum atomic E-state index is 11.2. The van der Waals surface area contributed by atoms with Gasteiger partial charge in [0.25, 0.3) is 0 Å². The second-order valence-electron chi connectivity index (χ2n) is 14.3. The summed E-state index contributed by atoms with van der Waals surface area (Å²) in [5, 5.41) is 34.6. The Hall–Kier alpha value is -3.82. The Labute approximate surface area is 317 Å². The van der Waals surface area contributed by atoms with E-state index in [2.05, 4.69) is 101 Å². The minimum Gasteiger partial charge on any atom is -0.851 e. The average molecular weight is 735 g/mol. The predicted octanol–water partition coefficient (Wildman–Crippen LogP) is 3.65. The third kappa shape index (κ3) is 12.1. The molecule has 3 aromatic rings. The van der Waals surface area contributed by atoms with Gasteiger partial charge in [-0.05, 0) is 57.2 Å². The minimum absolute atomic E-state index is 0.00983. The number of hydrogen-bond donors (Lipinski definition) is 0. The quantitative estimate of drug-likeness (QED) is 0.330. The summed E-state index contributed by atoms with van der Waals surface area (Å²) in [7, 11) is 12.2. The highest BCUT2D eigenvalue weighted by Crippen LogP contribution is 2.37. The van der Waals surface area contributed by atoms with E-state index in [-0.39, 0.29) is 12.7 Å². The van der Waals surface area contributed by atoms with Crippen molar-refractivity contribution in [1.29, 1.82) is 0 Å². The first-order valence-corrected chi connectivity index (χ1v) is 18.5. The van der Waals surface area contributed by atoms with E-state index < -0.39 is 12.2 Å². The molecule has 53 heavy (non-hydrogen) atoms. The van der Waals surface area contributed by atoms with Gasteiger partial charge in [0, 0.05) is 55.4 Å². The fourth-order valence-corrected chi connectivity index (χ4v) is 6.00. The molecule has 8 rings (SSSR count). The molecule has 294 valence electrons. The van der Waals surface area contributed by atoms with Crippen molar-refractivity contribution in [3.63, 3.8) is 0 Å². The van der Waals surface area contributed by atoms with Gasteiger partial charge in [-0.2, -0.15) is 0 Å². The average Bonchev–Trinajstić information content (AvgIpc) is 4.07. The molecule has 0 aliphatic carbocycles. The fourth-order valence-electron chi connectivity index (χ4n) is 6.00. The Balaban J connectivity index is 0.000000163. The van der Waals surface area contributed by atoms with Crippen molar-refractivity contribution in [2.24, 2.45) is 0 Å². The van der Waals surface area contributed by atoms with E-state index in [4.69, 9.17) is 14.2 Å². The van der Waals surface area contributed by atoms with Gasteiger partial charge in [-0.3, -0.25) is 20.0 Å². The number of benzene rings is 3. The van der Waals surface area contributed by atoms with Gasteiger partial charge in [0.15, 0.2) is 0 Å². The smallest absolute Gasteiger partial charge is 0.0898 e. The molecule has 0 bridgehead atoms. The van der Waals surface area contributed by atoms with Crippen LogP contribution < -0.4 is 40.0 Å². The van der Waals surface area contributed by atoms with Gasteiger partial charge in [-0.1, -0.05) is 50.2 Å². The summed E-state index contributed by atoms with van der Waals surface area (Å²) in [5.74, 6) is 0. The normalized spacial score (nSPS) is 21.0. The molecule has 5 aliphatic heterocycles. The zero-order chi connectivity index (χ0) is 38.8. The van der Waals surface area contributed by atoms with Crippen LogP contribution >= 0.6 is 0 Å². The summed E-state index contributed by atoms with van der Waals surface area (Å²) in [6, 6.07) is 24.8. The molecule has 5 unspecified atom stereocenters. The van der Waals surface area contributed by atoms with Gasteiger partial charge in [0.05, 0.1) is 78.9 Å². The van der Waals surface area contributed by atoms with E-state index >= 15 is 0 Å². The van der Waals surface area contributed by atoms with Crippen LogP contribution in [-0.2, 0) is 14.2 Å². The number of rotatable bonds is 7. The number of ether oxygens (including phenoxy) is 3. The largest absolute Gasteiger partial charge is 0.851 e. The maximum absolute atomic E-state index is 11.2. The molecule has 3 aromatic carbocycles. The molecule has 0 aromatic heterocycles. The van der Waals surface area contributed by atoms with Crippen molar-refractivity contribution in [3.8, 4) is 0 Å². The molecule has 2 saturated heterocycles. The summed E-state index contributed by atoms with van der Waals surface area (Å²) >= 11 is 0. The number of hydrazine groups is 4. The van der Waals surface area contributed by atoms with E-state index in [1.165, 1.54) is 22.7 Å². The molecule has 5 atom stereocenters. The highest BCUT2D eigenvalue weighted by atomic mass is 16.6. The predicted molar refractivity (Wildman–Crippen MR) is 213 cm³/mol. The molecule has 0 N–H and O–H groups in total. The van der Waals surface area contributed by atoms with Crippen molar-refractivity contribution >= 4 is 34.1 Å². The van der Waals surface area contributed by atoms with Gasteiger partial charge in [0.2, 0.25) is 0 Å². The minimum atomic E-state index is -0.673. The third-order valence-corrected chi connectivity index (χ3v) is 9.13. The van der Waals surface area contributed by atoms with E-state index in [1.807, 2.05) is 74.5 Å². The Kier molecular flexibility index (Phi) is 15.4. The summed E-state index contributed by atoms with van der Waals surface area (Å²) in [6.07, 6.45) is -0.0893. The van der Waals surface area contributed by atoms with Crippen LogP contribution in [0.2, 0.25) is 0 Å². The van der Waals surface area contributed by atoms with Crippen LogP contribution in [0.15, 0.2) is 72.8 Å². The topological polar surface area (TPSA) is 106 Å². The summed E-state index contributed by atoms with van der Waals surface area (Å²) in [4.78, 5) is 4.49. The Bertz CT molecular complexity index is 1450. The number of hydrogen-bond acceptors (Lipinski definition) is 13. The van der Waals surface area contributed by atoms with Crippen LogP contribution in [0.1, 0.15) is 34.6 Å². The lowest BCUT2D eigenvalue weighted by Gasteiger charge is -2.35. The number of fused-ring (bicyclic) bond motifs is 3. The zero-order valence-electron chi connectivity index (χ0n) is 33.7. The van der Waals surface area contributed by atoms with Gasteiger partial charge < -0.3 is 34.2 Å². The van der Waals surface area contributed by atoms with Crippen molar-refractivity contribution in [2.75, 3.05) is 112 Å². The SMILES string of the molecule is CC([O-])CN1N(C)c2ccccc2N1C.CC([O-])COC(C)CN1N(C)c2ccccc2N1C.CC1CO1.CC1CO1.CN1CN(C)c2ccccc21. The summed E-state index contributed by atoms with van der Waals surface area (Å²) in [6.45, 7) is 13.8. The number of para-hydroxylation sites is 6. The van der Waals surface area contributed by atoms with Crippen molar-refractivity contribution < 1.29 is 24.4 Å². The number of nitrogens with zero attached hydrogens (tertiary/aromatic N) is 8. The Morgan fingerprint density at radius 3 is 1.15 bits per heavy atom. The van der Waals surface area contributed by atoms with Crippen molar-refractivity contribution in [3.05, 3.63) is 72.8 Å². The maximum Gasteiger partial charge on any atom is 0.0898 e. The molecule has 0 radical (unpaired) electrons. The molecule has 5 aliphatic rings. The second-order valence-corrected chi connectivity index (χ2v) is 14.3. The zero-order valence-corrected chi connectivity index (χ0v) is 33.7. The lowest BCUT2D eigenvalue weighted by Crippen LogP contribution is -2.50. The molecule has 0 saturated carbocycles. The first-order valence-electron chi connectivity index (χ1n) is 18.5. The molecule has 0 spiro atoms. The monoisotopic (exact) mass is 734 g/mol. The second kappa shape index (κ2) is 19.5. The standard InChI is InChI=1S/C14H22N3O2.C11H16N3O.C9H12N2.2C3H6O/c1-11(18)10-19-12(2)9-17-15(3)13-7-5-6-8-14(13)16(17)4;1-9(15)8-14-12(2)10-6-4-5-7-11(10)13(14)3;1-10-7-11(2)9-6-4-3-5-8(9)10;2*1-3-2-4-3/h5-8,11-12H,9-10H2,1-4H3;4-7,9H,8H2,1-3H3;3-6H,7H2,1-2H3;2*3H,2H2,1H3/q2*-1;;;. The highest BCUT2D eigenvalue weighted by Gasteiger charge is 2.30. The molecular formula is C40H62N8O5-2. The van der Waals surface area contributed by atoms with Gasteiger partial charge in [-0.15, -0.1) is 22.4 Å². The molecule has 13 heteroatoms. The van der Waals surface area contributed by atoms with Crippen LogP contribution in [0.4, 0.5) is 34.1 Å². The van der Waals surface area contributed by atoms with Crippen LogP contribution in [-0.4, -0.2) is 123 Å². The summed E-state index contributed by atoms with van der Waals surface area (Å²) < 4.78 is 15.0. The molecule has 13 nitrogen and oxygen atoms in total. The third-order valence-electron chi connectivity index (χ3n) is 9.13. The Morgan fingerprint density at radius 2 is 0.868 bits per heavy atom. The van der Waals surface area contributed by atoms with Gasteiger partial charge in [-0.25, -0.2) is 0 Å². The number of epoxide rings is 2. The van der Waals surface area contributed by atoms with Crippen LogP contribution in [0.3, 0.4) is 0 Å². The lowest BCUT2D eigenvalue weighted by molar-refractivity contribution is -0.422. The van der Waals surface area contributed by atoms with E-state index in [9.17, 15) is 10.2 Å². The van der Waals surface area contributed by atoms with E-state index in [0.717, 1.165) is 31.3 Å². The van der Waals surface area contributed by atoms with Crippen LogP contribution in [0.25, 0.3) is 0 Å². The Morgan fingerprint density at radius 1 is 0.566 bits per heavy atom. The molecular weight excluding hydrogens is 672 g/mol. The van der Waals surface area contributed by atoms with Crippen molar-refractivity contribution in [2.45, 2.75) is 65.1 Å². The molecule has 0 amide bonds. The molecule has 2 fully saturated rings. The fraction of sp³-hybridized carbons (Fsp3) is 0.550. The first-order chi connectivity index (χ1) is 25.2. The summed E-state index contributed by atoms with van der Waals surface area (Å²) in [5.41, 5.74) is 7.29. The number of anilines is 6. The van der Waals surface area contributed by atoms with E-state index in [0.29, 0.717) is 25.3 Å². The van der Waals surface area contributed by atoms with Crippen molar-refractivity contribution in [1.82, 2.24) is 10.2 Å².